The van der Waals surface area contributed by atoms with Crippen molar-refractivity contribution in [3.05, 3.63) is 98.0 Å². The second-order valence-corrected chi connectivity index (χ2v) is 8.94. The van der Waals surface area contributed by atoms with E-state index in [9.17, 15) is 19.2 Å². The molecule has 0 bridgehead atoms. The first-order valence-electron chi connectivity index (χ1n) is 10.6. The van der Waals surface area contributed by atoms with Gasteiger partial charge in [0.05, 0.1) is 33.4 Å². The maximum atomic E-state index is 13.1. The molecule has 1 heterocycles. The highest BCUT2D eigenvalue weighted by Crippen LogP contribution is 2.29. The van der Waals surface area contributed by atoms with Crippen molar-refractivity contribution in [1.29, 1.82) is 0 Å². The number of hydrogen-bond acceptors (Lipinski definition) is 6. The van der Waals surface area contributed by atoms with Crippen LogP contribution >= 0.6 is 34.8 Å². The molecule has 0 unspecified atom stereocenters. The number of carbonyl (C=O) groups excluding carboxylic acids is 4. The summed E-state index contributed by atoms with van der Waals surface area (Å²) in [7, 11) is 1.24. The van der Waals surface area contributed by atoms with Gasteiger partial charge in [-0.1, -0.05) is 46.9 Å². The van der Waals surface area contributed by atoms with E-state index in [-0.39, 0.29) is 28.5 Å². The number of halogens is 3. The lowest BCUT2D eigenvalue weighted by Crippen LogP contribution is -2.54. The summed E-state index contributed by atoms with van der Waals surface area (Å²) in [6.45, 7) is 0.184. The molecule has 4 amide bonds. The predicted molar refractivity (Wildman–Crippen MR) is 139 cm³/mol. The molecule has 0 radical (unpaired) electrons. The summed E-state index contributed by atoms with van der Waals surface area (Å²) in [4.78, 5) is 50.4. The number of carbonyl (C=O) groups is 4. The number of anilines is 1. The number of imide groups is 2. The lowest BCUT2D eigenvalue weighted by molar-refractivity contribution is -0.122. The number of ether oxygens (including phenoxy) is 2. The largest absolute Gasteiger partial charge is 0.487 e. The van der Waals surface area contributed by atoms with Crippen molar-refractivity contribution in [2.75, 3.05) is 12.0 Å². The van der Waals surface area contributed by atoms with E-state index in [1.807, 2.05) is 0 Å². The summed E-state index contributed by atoms with van der Waals surface area (Å²) >= 11 is 18.3. The van der Waals surface area contributed by atoms with Crippen LogP contribution in [0, 0.1) is 0 Å². The van der Waals surface area contributed by atoms with Crippen molar-refractivity contribution in [1.82, 2.24) is 5.32 Å². The smallest absolute Gasteiger partial charge is 0.337 e. The van der Waals surface area contributed by atoms with Crippen LogP contribution in [0.3, 0.4) is 0 Å². The van der Waals surface area contributed by atoms with E-state index in [1.165, 1.54) is 43.5 Å². The van der Waals surface area contributed by atoms with Crippen LogP contribution < -0.4 is 15.0 Å². The number of barbiturate groups is 1. The van der Waals surface area contributed by atoms with Gasteiger partial charge >= 0.3 is 12.0 Å². The van der Waals surface area contributed by atoms with Gasteiger partial charge < -0.3 is 9.47 Å². The monoisotopic (exact) mass is 558 g/mol. The van der Waals surface area contributed by atoms with Crippen molar-refractivity contribution in [3.63, 3.8) is 0 Å². The Hall–Kier alpha value is -3.85. The van der Waals surface area contributed by atoms with Gasteiger partial charge in [0.25, 0.3) is 11.8 Å². The SMILES string of the molecule is COC(=O)c1ccc(N2C(=O)NC(=O)/C(=C\c3ccc(OCc4ccc(Cl)c(Cl)c4)c(Cl)c3)C2=O)cc1. The molecule has 0 spiro atoms. The molecule has 1 fully saturated rings. The second-order valence-electron chi connectivity index (χ2n) is 7.72. The highest BCUT2D eigenvalue weighted by molar-refractivity contribution is 6.42. The third kappa shape index (κ3) is 5.77. The van der Waals surface area contributed by atoms with Crippen LogP contribution in [-0.2, 0) is 20.9 Å². The molecule has 1 saturated heterocycles. The molecule has 0 atom stereocenters. The number of hydrogen-bond donors (Lipinski definition) is 1. The molecule has 1 aliphatic rings. The lowest BCUT2D eigenvalue weighted by Gasteiger charge is -2.26. The van der Waals surface area contributed by atoms with Gasteiger partial charge in [-0.2, -0.15) is 0 Å². The van der Waals surface area contributed by atoms with E-state index in [1.54, 1.807) is 30.3 Å². The van der Waals surface area contributed by atoms with Gasteiger partial charge in [0.15, 0.2) is 0 Å². The molecule has 37 heavy (non-hydrogen) atoms. The van der Waals surface area contributed by atoms with Gasteiger partial charge in [-0.15, -0.1) is 0 Å². The number of urea groups is 1. The molecule has 11 heteroatoms. The first kappa shape index (κ1) is 26.2. The van der Waals surface area contributed by atoms with Gasteiger partial charge in [-0.3, -0.25) is 14.9 Å². The second kappa shape index (κ2) is 11.0. The van der Waals surface area contributed by atoms with Gasteiger partial charge in [0.1, 0.15) is 17.9 Å². The Balaban J connectivity index is 1.54. The highest BCUT2D eigenvalue weighted by Gasteiger charge is 2.36. The Kier molecular flexibility index (Phi) is 7.83. The zero-order chi connectivity index (χ0) is 26.7. The third-order valence-electron chi connectivity index (χ3n) is 5.29. The van der Waals surface area contributed by atoms with Crippen LogP contribution in [0.25, 0.3) is 6.08 Å². The quantitative estimate of drug-likeness (QED) is 0.237. The van der Waals surface area contributed by atoms with Crippen molar-refractivity contribution in [2.24, 2.45) is 0 Å². The Labute approximate surface area is 226 Å². The molecule has 1 aliphatic heterocycles. The van der Waals surface area contributed by atoms with Crippen LogP contribution in [0.4, 0.5) is 10.5 Å². The standard InChI is InChI=1S/C26H17Cl3N2O6/c1-36-25(34)16-4-6-17(7-5-16)31-24(33)18(23(32)30-26(31)35)10-14-3-9-22(21(29)11-14)37-13-15-2-8-19(27)20(28)12-15/h2-12H,13H2,1H3,(H,30,32,35)/b18-10+. The molecule has 0 aliphatic carbocycles. The summed E-state index contributed by atoms with van der Waals surface area (Å²) in [6.07, 6.45) is 1.31. The number of rotatable bonds is 6. The first-order chi connectivity index (χ1) is 17.7. The number of methoxy groups -OCH3 is 1. The maximum absolute atomic E-state index is 13.1. The topological polar surface area (TPSA) is 102 Å². The number of nitrogens with zero attached hydrogens (tertiary/aromatic N) is 1. The number of benzene rings is 3. The minimum absolute atomic E-state index is 0.164. The van der Waals surface area contributed by atoms with Crippen LogP contribution in [0.2, 0.25) is 15.1 Å². The van der Waals surface area contributed by atoms with Crippen molar-refractivity contribution in [3.8, 4) is 5.75 Å². The Morgan fingerprint density at radius 1 is 0.919 bits per heavy atom. The van der Waals surface area contributed by atoms with Crippen molar-refractivity contribution in [2.45, 2.75) is 6.61 Å². The summed E-state index contributed by atoms with van der Waals surface area (Å²) in [5.74, 6) is -1.89. The van der Waals surface area contributed by atoms with Crippen molar-refractivity contribution >= 4 is 70.4 Å². The van der Waals surface area contributed by atoms with E-state index >= 15 is 0 Å². The Morgan fingerprint density at radius 3 is 2.30 bits per heavy atom. The van der Waals surface area contributed by atoms with Gasteiger partial charge in [-0.05, 0) is 65.7 Å². The van der Waals surface area contributed by atoms with Crippen molar-refractivity contribution < 1.29 is 28.7 Å². The zero-order valence-corrected chi connectivity index (χ0v) is 21.4. The Morgan fingerprint density at radius 2 is 1.65 bits per heavy atom. The molecular formula is C26H17Cl3N2O6. The molecule has 1 N–H and O–H groups in total. The number of esters is 1. The fourth-order valence-corrected chi connectivity index (χ4v) is 4.00. The van der Waals surface area contributed by atoms with E-state index in [0.717, 1.165) is 10.5 Å². The molecule has 0 saturated carbocycles. The van der Waals surface area contributed by atoms with Gasteiger partial charge in [0.2, 0.25) is 0 Å². The highest BCUT2D eigenvalue weighted by atomic mass is 35.5. The van der Waals surface area contributed by atoms with E-state index < -0.39 is 23.8 Å². The maximum Gasteiger partial charge on any atom is 0.337 e. The van der Waals surface area contributed by atoms with E-state index in [4.69, 9.17) is 39.5 Å². The Bertz CT molecular complexity index is 1450. The summed E-state index contributed by atoms with van der Waals surface area (Å²) in [6, 6.07) is 14.5. The average molecular weight is 560 g/mol. The van der Waals surface area contributed by atoms with Crippen LogP contribution in [-0.4, -0.2) is 30.9 Å². The molecule has 8 nitrogen and oxygen atoms in total. The summed E-state index contributed by atoms with van der Waals surface area (Å²) in [5, 5.41) is 3.21. The fraction of sp³-hybridized carbons (Fsp3) is 0.0769. The molecule has 0 aromatic heterocycles. The van der Waals surface area contributed by atoms with E-state index in [0.29, 0.717) is 21.4 Å². The number of amides is 4. The first-order valence-corrected chi connectivity index (χ1v) is 11.8. The lowest BCUT2D eigenvalue weighted by atomic mass is 10.1. The average Bonchev–Trinajstić information content (AvgIpc) is 2.88. The van der Waals surface area contributed by atoms with E-state index in [2.05, 4.69) is 10.1 Å². The summed E-state index contributed by atoms with van der Waals surface area (Å²) in [5.41, 5.74) is 1.33. The van der Waals surface area contributed by atoms with Gasteiger partial charge in [0, 0.05) is 0 Å². The van der Waals surface area contributed by atoms with Crippen LogP contribution in [0.5, 0.6) is 5.75 Å². The normalized spacial score (nSPS) is 14.5. The molecule has 3 aromatic rings. The molecule has 188 valence electrons. The summed E-state index contributed by atoms with van der Waals surface area (Å²) < 4.78 is 10.4. The van der Waals surface area contributed by atoms with Gasteiger partial charge in [-0.25, -0.2) is 14.5 Å². The minimum Gasteiger partial charge on any atom is -0.487 e. The number of nitrogens with one attached hydrogen (secondary N) is 1. The molecule has 4 rings (SSSR count). The van der Waals surface area contributed by atoms with Crippen LogP contribution in [0.1, 0.15) is 21.5 Å². The zero-order valence-electron chi connectivity index (χ0n) is 19.1. The molecule has 3 aromatic carbocycles. The molecular weight excluding hydrogens is 543 g/mol. The minimum atomic E-state index is -0.915. The van der Waals surface area contributed by atoms with Crippen LogP contribution in [0.15, 0.2) is 66.2 Å². The fourth-order valence-electron chi connectivity index (χ4n) is 3.44. The predicted octanol–water partition coefficient (Wildman–Crippen LogP) is 5.68. The third-order valence-corrected chi connectivity index (χ3v) is 6.33.